The molecule has 2 nitrogen and oxygen atoms in total. The normalized spacial score (nSPS) is 12.2. The van der Waals surface area contributed by atoms with E-state index in [-0.39, 0.29) is 11.9 Å². The van der Waals surface area contributed by atoms with Gasteiger partial charge in [0.25, 0.3) is 0 Å². The van der Waals surface area contributed by atoms with Gasteiger partial charge in [-0.05, 0) is 36.8 Å². The highest BCUT2D eigenvalue weighted by Gasteiger charge is 2.11. The number of anilines is 1. The van der Waals surface area contributed by atoms with E-state index in [4.69, 9.17) is 10.5 Å². The van der Waals surface area contributed by atoms with Crippen molar-refractivity contribution < 1.29 is 13.5 Å². The molecule has 2 N–H and O–H groups in total. The fourth-order valence-corrected chi connectivity index (χ4v) is 1.60. The van der Waals surface area contributed by atoms with Gasteiger partial charge in [-0.1, -0.05) is 12.1 Å². The third-order valence-electron chi connectivity index (χ3n) is 2.60. The molecular formula is C14H13F2NO. The molecule has 1 atom stereocenters. The van der Waals surface area contributed by atoms with Gasteiger partial charge in [-0.25, -0.2) is 8.78 Å². The molecule has 0 aliphatic rings. The first-order chi connectivity index (χ1) is 8.56. The highest BCUT2D eigenvalue weighted by molar-refractivity contribution is 5.40. The summed E-state index contributed by atoms with van der Waals surface area (Å²) in [5.41, 5.74) is 7.10. The van der Waals surface area contributed by atoms with Gasteiger partial charge in [0.2, 0.25) is 0 Å². The molecule has 0 heterocycles. The Kier molecular flexibility index (Phi) is 3.46. The van der Waals surface area contributed by atoms with Gasteiger partial charge in [0.1, 0.15) is 11.9 Å². The average Bonchev–Trinajstić information content (AvgIpc) is 2.33. The lowest BCUT2D eigenvalue weighted by Gasteiger charge is -2.15. The summed E-state index contributed by atoms with van der Waals surface area (Å²) in [5, 5.41) is 0. The van der Waals surface area contributed by atoms with E-state index in [1.54, 1.807) is 31.2 Å². The van der Waals surface area contributed by atoms with Crippen LogP contribution in [0.2, 0.25) is 0 Å². The van der Waals surface area contributed by atoms with E-state index >= 15 is 0 Å². The van der Waals surface area contributed by atoms with Crippen molar-refractivity contribution in [2.75, 3.05) is 5.73 Å². The third-order valence-corrected chi connectivity index (χ3v) is 2.60. The minimum Gasteiger partial charge on any atom is -0.483 e. The molecule has 0 amide bonds. The number of ether oxygens (including phenoxy) is 1. The van der Waals surface area contributed by atoms with Crippen LogP contribution in [0.25, 0.3) is 0 Å². The molecule has 94 valence electrons. The molecule has 0 aliphatic heterocycles. The monoisotopic (exact) mass is 249 g/mol. The zero-order valence-electron chi connectivity index (χ0n) is 9.86. The molecule has 0 radical (unpaired) electrons. The summed E-state index contributed by atoms with van der Waals surface area (Å²) in [6.45, 7) is 1.79. The van der Waals surface area contributed by atoms with Gasteiger partial charge in [0.05, 0.1) is 0 Å². The van der Waals surface area contributed by atoms with Gasteiger partial charge in [0.15, 0.2) is 11.6 Å². The summed E-state index contributed by atoms with van der Waals surface area (Å²) < 4.78 is 31.6. The molecule has 0 saturated heterocycles. The largest absolute Gasteiger partial charge is 0.483 e. The predicted molar refractivity (Wildman–Crippen MR) is 66.3 cm³/mol. The van der Waals surface area contributed by atoms with Crippen LogP contribution in [-0.4, -0.2) is 0 Å². The number of nitrogens with two attached hydrogens (primary N) is 1. The van der Waals surface area contributed by atoms with E-state index < -0.39 is 11.6 Å². The van der Waals surface area contributed by atoms with Crippen LogP contribution in [0.5, 0.6) is 5.75 Å². The Labute approximate surface area is 104 Å². The molecule has 0 aromatic heterocycles. The Morgan fingerprint density at radius 3 is 2.33 bits per heavy atom. The van der Waals surface area contributed by atoms with Gasteiger partial charge in [0, 0.05) is 11.8 Å². The summed E-state index contributed by atoms with van der Waals surface area (Å²) in [5.74, 6) is -1.31. The summed E-state index contributed by atoms with van der Waals surface area (Å²) in [7, 11) is 0. The summed E-state index contributed by atoms with van der Waals surface area (Å²) in [4.78, 5) is 0. The lowest BCUT2D eigenvalue weighted by Crippen LogP contribution is -2.04. The van der Waals surface area contributed by atoms with Crippen LogP contribution < -0.4 is 10.5 Å². The van der Waals surface area contributed by atoms with Crippen molar-refractivity contribution in [1.29, 1.82) is 0 Å². The van der Waals surface area contributed by atoms with E-state index in [2.05, 4.69) is 0 Å². The van der Waals surface area contributed by atoms with Crippen molar-refractivity contribution in [3.05, 3.63) is 59.7 Å². The molecule has 18 heavy (non-hydrogen) atoms. The highest BCUT2D eigenvalue weighted by Crippen LogP contribution is 2.25. The zero-order valence-corrected chi connectivity index (χ0v) is 9.86. The molecule has 0 aliphatic carbocycles. The fraction of sp³-hybridized carbons (Fsp3) is 0.143. The maximum atomic E-state index is 13.4. The molecule has 0 spiro atoms. The number of rotatable bonds is 3. The van der Waals surface area contributed by atoms with Crippen LogP contribution in [0.3, 0.4) is 0 Å². The van der Waals surface area contributed by atoms with Crippen molar-refractivity contribution in [3.63, 3.8) is 0 Å². The second-order valence-corrected chi connectivity index (χ2v) is 4.00. The van der Waals surface area contributed by atoms with Crippen LogP contribution in [0.4, 0.5) is 14.5 Å². The lowest BCUT2D eigenvalue weighted by atomic mass is 10.1. The van der Waals surface area contributed by atoms with Crippen LogP contribution in [0, 0.1) is 11.6 Å². The first-order valence-electron chi connectivity index (χ1n) is 5.53. The minimum atomic E-state index is -0.711. The van der Waals surface area contributed by atoms with E-state index in [1.807, 2.05) is 0 Å². The van der Waals surface area contributed by atoms with Gasteiger partial charge in [-0.2, -0.15) is 0 Å². The Balaban J connectivity index is 2.15. The van der Waals surface area contributed by atoms with Crippen LogP contribution in [0.1, 0.15) is 18.6 Å². The number of benzene rings is 2. The van der Waals surface area contributed by atoms with E-state index in [0.29, 0.717) is 5.69 Å². The maximum absolute atomic E-state index is 13.4. The predicted octanol–water partition coefficient (Wildman–Crippen LogP) is 3.69. The van der Waals surface area contributed by atoms with E-state index in [0.717, 1.165) is 17.7 Å². The molecule has 2 rings (SSSR count). The maximum Gasteiger partial charge on any atom is 0.168 e. The molecular weight excluding hydrogens is 236 g/mol. The molecule has 2 aromatic rings. The molecule has 4 heteroatoms. The SMILES string of the molecule is CC(Oc1ccc(F)cc1F)c1ccc(N)cc1. The Bertz CT molecular complexity index is 540. The second-order valence-electron chi connectivity index (χ2n) is 4.00. The van der Waals surface area contributed by atoms with Gasteiger partial charge >= 0.3 is 0 Å². The van der Waals surface area contributed by atoms with Crippen molar-refractivity contribution in [3.8, 4) is 5.75 Å². The molecule has 0 fully saturated rings. The average molecular weight is 249 g/mol. The van der Waals surface area contributed by atoms with Crippen molar-refractivity contribution in [2.24, 2.45) is 0 Å². The molecule has 2 aromatic carbocycles. The summed E-state index contributed by atoms with van der Waals surface area (Å²) >= 11 is 0. The van der Waals surface area contributed by atoms with Gasteiger partial charge in [-0.3, -0.25) is 0 Å². The highest BCUT2D eigenvalue weighted by atomic mass is 19.1. The topological polar surface area (TPSA) is 35.2 Å². The van der Waals surface area contributed by atoms with Crippen LogP contribution in [0.15, 0.2) is 42.5 Å². The Morgan fingerprint density at radius 2 is 1.72 bits per heavy atom. The second kappa shape index (κ2) is 5.04. The van der Waals surface area contributed by atoms with Crippen molar-refractivity contribution in [1.82, 2.24) is 0 Å². The van der Waals surface area contributed by atoms with E-state index in [9.17, 15) is 8.78 Å². The summed E-state index contributed by atoms with van der Waals surface area (Å²) in [6, 6.07) is 10.3. The first-order valence-corrected chi connectivity index (χ1v) is 5.53. The number of nitrogen functional groups attached to an aromatic ring is 1. The first kappa shape index (κ1) is 12.4. The number of hydrogen-bond donors (Lipinski definition) is 1. The molecule has 0 saturated carbocycles. The standard InChI is InChI=1S/C14H13F2NO/c1-9(10-2-5-12(17)6-3-10)18-14-7-4-11(15)8-13(14)16/h2-9H,17H2,1H3. The van der Waals surface area contributed by atoms with Crippen molar-refractivity contribution >= 4 is 5.69 Å². The molecule has 0 bridgehead atoms. The summed E-state index contributed by atoms with van der Waals surface area (Å²) in [6.07, 6.45) is -0.342. The fourth-order valence-electron chi connectivity index (χ4n) is 1.60. The lowest BCUT2D eigenvalue weighted by molar-refractivity contribution is 0.216. The quantitative estimate of drug-likeness (QED) is 0.842. The number of halogens is 2. The van der Waals surface area contributed by atoms with Crippen LogP contribution >= 0.6 is 0 Å². The van der Waals surface area contributed by atoms with Gasteiger partial charge in [-0.15, -0.1) is 0 Å². The Morgan fingerprint density at radius 1 is 1.06 bits per heavy atom. The minimum absolute atomic E-state index is 0.0284. The smallest absolute Gasteiger partial charge is 0.168 e. The molecule has 1 unspecified atom stereocenters. The number of hydrogen-bond acceptors (Lipinski definition) is 2. The Hall–Kier alpha value is -2.10. The van der Waals surface area contributed by atoms with Gasteiger partial charge < -0.3 is 10.5 Å². The van der Waals surface area contributed by atoms with E-state index in [1.165, 1.54) is 6.07 Å². The third kappa shape index (κ3) is 2.77. The van der Waals surface area contributed by atoms with Crippen molar-refractivity contribution in [2.45, 2.75) is 13.0 Å². The van der Waals surface area contributed by atoms with Crippen LogP contribution in [-0.2, 0) is 0 Å². The zero-order chi connectivity index (χ0) is 13.1.